The number of aryl methyl sites for hydroxylation is 1. The summed E-state index contributed by atoms with van der Waals surface area (Å²) in [5.41, 5.74) is 5.04. The Hall–Kier alpha value is -3.48. The first-order valence-electron chi connectivity index (χ1n) is 9.94. The number of carbonyl (C=O) groups excluding carboxylic acids is 1. The molecule has 31 heavy (non-hydrogen) atoms. The molecule has 0 spiro atoms. The molecular weight excluding hydrogens is 394 g/mol. The van der Waals surface area contributed by atoms with Gasteiger partial charge in [-0.15, -0.1) is 0 Å². The van der Waals surface area contributed by atoms with Crippen molar-refractivity contribution in [2.24, 2.45) is 0 Å². The van der Waals surface area contributed by atoms with Crippen molar-refractivity contribution in [3.05, 3.63) is 89.0 Å². The molecule has 160 valence electrons. The van der Waals surface area contributed by atoms with Gasteiger partial charge in [-0.05, 0) is 59.9 Å². The SMILES string of the molecule is Cc1cc(OC(=O)c2cccc(-c3ccccc3)c2C)ccc1CN[C@H](CO)C(=O)O. The summed E-state index contributed by atoms with van der Waals surface area (Å²) in [5.74, 6) is -1.14. The van der Waals surface area contributed by atoms with Crippen LogP contribution in [0.15, 0.2) is 66.7 Å². The van der Waals surface area contributed by atoms with E-state index in [2.05, 4.69) is 5.32 Å². The number of aliphatic carboxylic acids is 1. The summed E-state index contributed by atoms with van der Waals surface area (Å²) in [6.07, 6.45) is 0. The highest BCUT2D eigenvalue weighted by Gasteiger charge is 2.17. The summed E-state index contributed by atoms with van der Waals surface area (Å²) >= 11 is 0. The molecule has 1 atom stereocenters. The third kappa shape index (κ3) is 5.36. The van der Waals surface area contributed by atoms with E-state index in [4.69, 9.17) is 14.9 Å². The van der Waals surface area contributed by atoms with Gasteiger partial charge >= 0.3 is 11.9 Å². The van der Waals surface area contributed by atoms with E-state index in [-0.39, 0.29) is 6.54 Å². The molecule has 0 saturated carbocycles. The van der Waals surface area contributed by atoms with E-state index < -0.39 is 24.6 Å². The second kappa shape index (κ2) is 10.0. The molecule has 3 N–H and O–H groups in total. The summed E-state index contributed by atoms with van der Waals surface area (Å²) in [4.78, 5) is 23.8. The van der Waals surface area contributed by atoms with Crippen LogP contribution in [0.2, 0.25) is 0 Å². The van der Waals surface area contributed by atoms with Gasteiger partial charge in [-0.3, -0.25) is 10.1 Å². The summed E-state index contributed by atoms with van der Waals surface area (Å²) in [6, 6.07) is 19.6. The molecule has 0 aliphatic carbocycles. The first kappa shape index (κ1) is 22.2. The molecule has 0 aromatic heterocycles. The molecule has 3 rings (SSSR count). The van der Waals surface area contributed by atoms with Crippen LogP contribution in [0.3, 0.4) is 0 Å². The lowest BCUT2D eigenvalue weighted by Crippen LogP contribution is -2.39. The van der Waals surface area contributed by atoms with E-state index in [9.17, 15) is 9.59 Å². The second-order valence-corrected chi connectivity index (χ2v) is 7.28. The highest BCUT2D eigenvalue weighted by atomic mass is 16.5. The van der Waals surface area contributed by atoms with Crippen LogP contribution in [0.25, 0.3) is 11.1 Å². The Balaban J connectivity index is 1.74. The van der Waals surface area contributed by atoms with Crippen LogP contribution >= 0.6 is 0 Å². The van der Waals surface area contributed by atoms with Crippen LogP contribution in [0.4, 0.5) is 0 Å². The maximum atomic E-state index is 12.8. The minimum atomic E-state index is -1.11. The largest absolute Gasteiger partial charge is 0.480 e. The number of benzene rings is 3. The van der Waals surface area contributed by atoms with Gasteiger partial charge in [0.1, 0.15) is 11.8 Å². The Kier molecular flexibility index (Phi) is 7.18. The van der Waals surface area contributed by atoms with Crippen LogP contribution in [0.1, 0.15) is 27.0 Å². The van der Waals surface area contributed by atoms with Gasteiger partial charge in [-0.25, -0.2) is 4.79 Å². The molecule has 0 aliphatic heterocycles. The van der Waals surface area contributed by atoms with Crippen molar-refractivity contribution < 1.29 is 24.5 Å². The van der Waals surface area contributed by atoms with E-state index in [1.807, 2.05) is 56.3 Å². The molecule has 3 aromatic rings. The zero-order valence-corrected chi connectivity index (χ0v) is 17.5. The molecule has 0 radical (unpaired) electrons. The fourth-order valence-corrected chi connectivity index (χ4v) is 3.34. The number of esters is 1. The predicted molar refractivity (Wildman–Crippen MR) is 118 cm³/mol. The fourth-order valence-electron chi connectivity index (χ4n) is 3.34. The molecule has 0 aliphatic rings. The van der Waals surface area contributed by atoms with E-state index in [1.54, 1.807) is 24.3 Å². The number of aliphatic hydroxyl groups excluding tert-OH is 1. The average molecular weight is 419 g/mol. The van der Waals surface area contributed by atoms with E-state index in [0.29, 0.717) is 11.3 Å². The van der Waals surface area contributed by atoms with Crippen LogP contribution in [0, 0.1) is 13.8 Å². The van der Waals surface area contributed by atoms with Crippen molar-refractivity contribution in [3.63, 3.8) is 0 Å². The monoisotopic (exact) mass is 419 g/mol. The number of ether oxygens (including phenoxy) is 1. The highest BCUT2D eigenvalue weighted by Crippen LogP contribution is 2.27. The smallest absolute Gasteiger partial charge is 0.343 e. The quantitative estimate of drug-likeness (QED) is 0.380. The number of nitrogens with one attached hydrogen (secondary N) is 1. The Labute approximate surface area is 181 Å². The first-order chi connectivity index (χ1) is 14.9. The second-order valence-electron chi connectivity index (χ2n) is 7.28. The Morgan fingerprint density at radius 2 is 1.74 bits per heavy atom. The van der Waals surface area contributed by atoms with Crippen LogP contribution in [-0.4, -0.2) is 34.8 Å². The maximum Gasteiger partial charge on any atom is 0.343 e. The van der Waals surface area contributed by atoms with Crippen molar-refractivity contribution in [1.29, 1.82) is 0 Å². The maximum absolute atomic E-state index is 12.8. The number of rotatable bonds is 8. The fraction of sp³-hybridized carbons (Fsp3) is 0.200. The number of hydrogen-bond donors (Lipinski definition) is 3. The van der Waals surface area contributed by atoms with Crippen molar-refractivity contribution >= 4 is 11.9 Å². The molecule has 0 unspecified atom stereocenters. The highest BCUT2D eigenvalue weighted by molar-refractivity contribution is 5.94. The van der Waals surface area contributed by atoms with Crippen LogP contribution in [-0.2, 0) is 11.3 Å². The molecular formula is C25H25NO5. The van der Waals surface area contributed by atoms with Crippen LogP contribution in [0.5, 0.6) is 5.75 Å². The predicted octanol–water partition coefficient (Wildman–Crippen LogP) is 3.72. The van der Waals surface area contributed by atoms with Gasteiger partial charge in [0.25, 0.3) is 0 Å². The lowest BCUT2D eigenvalue weighted by Gasteiger charge is -2.14. The Morgan fingerprint density at radius 3 is 2.39 bits per heavy atom. The van der Waals surface area contributed by atoms with Gasteiger partial charge in [-0.2, -0.15) is 0 Å². The summed E-state index contributed by atoms with van der Waals surface area (Å²) in [6.45, 7) is 3.53. The van der Waals surface area contributed by atoms with E-state index >= 15 is 0 Å². The molecule has 0 bridgehead atoms. The zero-order chi connectivity index (χ0) is 22.4. The molecule has 0 fully saturated rings. The molecule has 0 heterocycles. The normalized spacial score (nSPS) is 11.7. The van der Waals surface area contributed by atoms with Crippen LogP contribution < -0.4 is 10.1 Å². The third-order valence-electron chi connectivity index (χ3n) is 5.18. The average Bonchev–Trinajstić information content (AvgIpc) is 2.76. The van der Waals surface area contributed by atoms with Gasteiger partial charge in [0.05, 0.1) is 12.2 Å². The zero-order valence-electron chi connectivity index (χ0n) is 17.5. The topological polar surface area (TPSA) is 95.9 Å². The summed E-state index contributed by atoms with van der Waals surface area (Å²) in [5, 5.41) is 20.9. The lowest BCUT2D eigenvalue weighted by atomic mass is 9.96. The standard InChI is InChI=1S/C25H25NO5/c1-16-13-20(12-11-19(16)14-26-23(15-27)24(28)29)31-25(30)22-10-6-9-21(17(22)2)18-7-4-3-5-8-18/h3-13,23,26-27H,14-15H2,1-2H3,(H,28,29)/t23-/m1/s1. The van der Waals surface area contributed by atoms with Gasteiger partial charge < -0.3 is 14.9 Å². The van der Waals surface area contributed by atoms with Gasteiger partial charge in [0, 0.05) is 6.54 Å². The number of hydrogen-bond acceptors (Lipinski definition) is 5. The summed E-state index contributed by atoms with van der Waals surface area (Å²) in [7, 11) is 0. The van der Waals surface area contributed by atoms with Crippen molar-refractivity contribution in [2.45, 2.75) is 26.4 Å². The summed E-state index contributed by atoms with van der Waals surface area (Å²) < 4.78 is 5.60. The minimum absolute atomic E-state index is 0.274. The third-order valence-corrected chi connectivity index (χ3v) is 5.18. The number of carboxylic acids is 1. The molecule has 6 heteroatoms. The number of carboxylic acid groups (broad SMARTS) is 1. The van der Waals surface area contributed by atoms with Gasteiger partial charge in [0.15, 0.2) is 0 Å². The van der Waals surface area contributed by atoms with Gasteiger partial charge in [0.2, 0.25) is 0 Å². The minimum Gasteiger partial charge on any atom is -0.480 e. The number of aliphatic hydroxyl groups is 1. The molecule has 3 aromatic carbocycles. The van der Waals surface area contributed by atoms with Gasteiger partial charge in [-0.1, -0.05) is 48.5 Å². The first-order valence-corrected chi connectivity index (χ1v) is 9.94. The molecule has 0 saturated heterocycles. The lowest BCUT2D eigenvalue weighted by molar-refractivity contribution is -0.140. The van der Waals surface area contributed by atoms with Crippen molar-refractivity contribution in [3.8, 4) is 16.9 Å². The van der Waals surface area contributed by atoms with E-state index in [1.165, 1.54) is 0 Å². The number of carbonyl (C=O) groups is 2. The molecule has 0 amide bonds. The Bertz CT molecular complexity index is 1080. The van der Waals surface area contributed by atoms with Crippen molar-refractivity contribution in [1.82, 2.24) is 5.32 Å². The van der Waals surface area contributed by atoms with Crippen molar-refractivity contribution in [2.75, 3.05) is 6.61 Å². The molecule has 6 nitrogen and oxygen atoms in total. The van der Waals surface area contributed by atoms with E-state index in [0.717, 1.165) is 27.8 Å². The Morgan fingerprint density at radius 1 is 1.00 bits per heavy atom.